The highest BCUT2D eigenvalue weighted by Gasteiger charge is 2.40. The van der Waals surface area contributed by atoms with Gasteiger partial charge in [0.2, 0.25) is 0 Å². The van der Waals surface area contributed by atoms with Gasteiger partial charge < -0.3 is 9.47 Å². The van der Waals surface area contributed by atoms with Crippen LogP contribution in [0.1, 0.15) is 5.56 Å². The number of halogens is 1. The molecule has 70 valence electrons. The fourth-order valence-corrected chi connectivity index (χ4v) is 1.65. The molecule has 0 unspecified atom stereocenters. The molecule has 0 N–H and O–H groups in total. The van der Waals surface area contributed by atoms with E-state index >= 15 is 0 Å². The van der Waals surface area contributed by atoms with Gasteiger partial charge in [-0.2, -0.15) is 0 Å². The summed E-state index contributed by atoms with van der Waals surface area (Å²) in [5, 5.41) is 0.737. The van der Waals surface area contributed by atoms with E-state index in [0.717, 1.165) is 10.6 Å². The first-order chi connectivity index (χ1) is 6.27. The molecule has 0 bridgehead atoms. The normalized spacial score (nSPS) is 19.5. The molecule has 0 aromatic heterocycles. The highest BCUT2D eigenvalue weighted by molar-refractivity contribution is 6.30. The van der Waals surface area contributed by atoms with Gasteiger partial charge in [-0.25, -0.2) is 0 Å². The summed E-state index contributed by atoms with van der Waals surface area (Å²) >= 11 is 5.89. The maximum Gasteiger partial charge on any atom is 0.139 e. The van der Waals surface area contributed by atoms with Gasteiger partial charge in [0.1, 0.15) is 5.60 Å². The zero-order valence-corrected chi connectivity index (χ0v) is 8.17. The van der Waals surface area contributed by atoms with Crippen molar-refractivity contribution in [3.63, 3.8) is 0 Å². The summed E-state index contributed by atoms with van der Waals surface area (Å²) in [6, 6.07) is 7.72. The van der Waals surface area contributed by atoms with Crippen molar-refractivity contribution in [2.75, 3.05) is 20.3 Å². The lowest BCUT2D eigenvalue weighted by atomic mass is 9.92. The van der Waals surface area contributed by atoms with Crippen LogP contribution in [0.25, 0.3) is 0 Å². The van der Waals surface area contributed by atoms with Crippen molar-refractivity contribution in [3.8, 4) is 0 Å². The molecule has 1 aliphatic heterocycles. The lowest BCUT2D eigenvalue weighted by molar-refractivity contribution is -0.202. The zero-order valence-electron chi connectivity index (χ0n) is 7.42. The highest BCUT2D eigenvalue weighted by atomic mass is 35.5. The molecule has 1 saturated heterocycles. The van der Waals surface area contributed by atoms with Crippen LogP contribution in [0.4, 0.5) is 0 Å². The summed E-state index contributed by atoms with van der Waals surface area (Å²) in [7, 11) is 1.70. The van der Waals surface area contributed by atoms with Gasteiger partial charge in [-0.1, -0.05) is 23.7 Å². The highest BCUT2D eigenvalue weighted by Crippen LogP contribution is 2.33. The van der Waals surface area contributed by atoms with Gasteiger partial charge in [-0.05, 0) is 17.7 Å². The van der Waals surface area contributed by atoms with E-state index in [1.165, 1.54) is 0 Å². The van der Waals surface area contributed by atoms with Crippen LogP contribution in [-0.2, 0) is 15.1 Å². The van der Waals surface area contributed by atoms with Crippen LogP contribution in [0, 0.1) is 0 Å². The SMILES string of the molecule is COC1(c2cccc(Cl)c2)COC1. The van der Waals surface area contributed by atoms with Crippen LogP contribution in [0.5, 0.6) is 0 Å². The first-order valence-electron chi connectivity index (χ1n) is 4.16. The molecular formula is C10H11ClO2. The average Bonchev–Trinajstić information content (AvgIpc) is 2.03. The molecule has 0 amide bonds. The summed E-state index contributed by atoms with van der Waals surface area (Å²) in [5.74, 6) is 0. The van der Waals surface area contributed by atoms with Crippen LogP contribution < -0.4 is 0 Å². The second kappa shape index (κ2) is 3.29. The number of hydrogen-bond donors (Lipinski definition) is 0. The number of methoxy groups -OCH3 is 1. The number of rotatable bonds is 2. The van der Waals surface area contributed by atoms with E-state index in [2.05, 4.69) is 0 Å². The smallest absolute Gasteiger partial charge is 0.139 e. The van der Waals surface area contributed by atoms with E-state index in [0.29, 0.717) is 13.2 Å². The van der Waals surface area contributed by atoms with Crippen molar-refractivity contribution in [2.45, 2.75) is 5.60 Å². The molecule has 2 nitrogen and oxygen atoms in total. The third-order valence-corrected chi connectivity index (χ3v) is 2.65. The molecule has 0 radical (unpaired) electrons. The van der Waals surface area contributed by atoms with Gasteiger partial charge in [-0.15, -0.1) is 0 Å². The first kappa shape index (κ1) is 9.00. The summed E-state index contributed by atoms with van der Waals surface area (Å²) in [4.78, 5) is 0. The minimum Gasteiger partial charge on any atom is -0.375 e. The Morgan fingerprint density at radius 3 is 2.69 bits per heavy atom. The molecular weight excluding hydrogens is 188 g/mol. The quantitative estimate of drug-likeness (QED) is 0.726. The Morgan fingerprint density at radius 1 is 1.46 bits per heavy atom. The van der Waals surface area contributed by atoms with E-state index in [4.69, 9.17) is 21.1 Å². The Labute approximate surface area is 82.4 Å². The van der Waals surface area contributed by atoms with Gasteiger partial charge in [0, 0.05) is 12.1 Å². The Morgan fingerprint density at radius 2 is 2.23 bits per heavy atom. The van der Waals surface area contributed by atoms with Crippen LogP contribution >= 0.6 is 11.6 Å². The van der Waals surface area contributed by atoms with Crippen molar-refractivity contribution in [3.05, 3.63) is 34.9 Å². The molecule has 1 aromatic carbocycles. The van der Waals surface area contributed by atoms with E-state index in [-0.39, 0.29) is 5.60 Å². The standard InChI is InChI=1S/C10H11ClO2/c1-12-10(6-13-7-10)8-3-2-4-9(11)5-8/h2-5H,6-7H2,1H3. The minimum atomic E-state index is -0.259. The minimum absolute atomic E-state index is 0.259. The second-order valence-corrected chi connectivity index (χ2v) is 3.64. The number of ether oxygens (including phenoxy) is 2. The predicted octanol–water partition coefficient (Wildman–Crippen LogP) is 2.21. The largest absolute Gasteiger partial charge is 0.375 e. The summed E-state index contributed by atoms with van der Waals surface area (Å²) in [6.45, 7) is 1.23. The molecule has 1 heterocycles. The fourth-order valence-electron chi connectivity index (χ4n) is 1.46. The van der Waals surface area contributed by atoms with Gasteiger partial charge >= 0.3 is 0 Å². The Kier molecular flexibility index (Phi) is 2.28. The van der Waals surface area contributed by atoms with E-state index in [9.17, 15) is 0 Å². The van der Waals surface area contributed by atoms with E-state index in [1.807, 2.05) is 24.3 Å². The Hall–Kier alpha value is -0.570. The molecule has 3 heteroatoms. The molecule has 13 heavy (non-hydrogen) atoms. The molecule has 0 spiro atoms. The van der Waals surface area contributed by atoms with Crippen molar-refractivity contribution in [1.82, 2.24) is 0 Å². The van der Waals surface area contributed by atoms with Crippen molar-refractivity contribution in [2.24, 2.45) is 0 Å². The summed E-state index contributed by atoms with van der Waals surface area (Å²) in [6.07, 6.45) is 0. The average molecular weight is 199 g/mol. The molecule has 1 aliphatic rings. The lowest BCUT2D eigenvalue weighted by Gasteiger charge is -2.40. The molecule has 2 rings (SSSR count). The van der Waals surface area contributed by atoms with Gasteiger partial charge in [-0.3, -0.25) is 0 Å². The topological polar surface area (TPSA) is 18.5 Å². The van der Waals surface area contributed by atoms with Crippen LogP contribution in [0.2, 0.25) is 5.02 Å². The van der Waals surface area contributed by atoms with Crippen LogP contribution in [0.3, 0.4) is 0 Å². The van der Waals surface area contributed by atoms with E-state index < -0.39 is 0 Å². The van der Waals surface area contributed by atoms with Gasteiger partial charge in [0.05, 0.1) is 13.2 Å². The van der Waals surface area contributed by atoms with Crippen LogP contribution in [-0.4, -0.2) is 20.3 Å². The van der Waals surface area contributed by atoms with Crippen LogP contribution in [0.15, 0.2) is 24.3 Å². The second-order valence-electron chi connectivity index (χ2n) is 3.20. The Balaban J connectivity index is 2.33. The molecule has 1 fully saturated rings. The zero-order chi connectivity index (χ0) is 9.31. The van der Waals surface area contributed by atoms with Crippen molar-refractivity contribution < 1.29 is 9.47 Å². The third kappa shape index (κ3) is 1.46. The molecule has 1 aromatic rings. The van der Waals surface area contributed by atoms with Gasteiger partial charge in [0.15, 0.2) is 0 Å². The Bertz CT molecular complexity index is 302. The first-order valence-corrected chi connectivity index (χ1v) is 4.54. The number of hydrogen-bond acceptors (Lipinski definition) is 2. The summed E-state index contributed by atoms with van der Waals surface area (Å²) < 4.78 is 10.6. The maximum atomic E-state index is 5.89. The maximum absolute atomic E-state index is 5.89. The third-order valence-electron chi connectivity index (χ3n) is 2.41. The molecule has 0 aliphatic carbocycles. The summed E-state index contributed by atoms with van der Waals surface area (Å²) in [5.41, 5.74) is 0.832. The molecule has 0 saturated carbocycles. The van der Waals surface area contributed by atoms with E-state index in [1.54, 1.807) is 7.11 Å². The number of benzene rings is 1. The van der Waals surface area contributed by atoms with Gasteiger partial charge in [0.25, 0.3) is 0 Å². The van der Waals surface area contributed by atoms with Crippen molar-refractivity contribution in [1.29, 1.82) is 0 Å². The molecule has 0 atom stereocenters. The monoisotopic (exact) mass is 198 g/mol. The van der Waals surface area contributed by atoms with Crippen molar-refractivity contribution >= 4 is 11.6 Å². The predicted molar refractivity (Wildman–Crippen MR) is 51.0 cm³/mol. The lowest BCUT2D eigenvalue weighted by Crippen LogP contribution is -2.48. The fraction of sp³-hybridized carbons (Fsp3) is 0.400.